The van der Waals surface area contributed by atoms with Gasteiger partial charge < -0.3 is 15.8 Å². The van der Waals surface area contributed by atoms with Crippen molar-refractivity contribution in [3.8, 4) is 5.75 Å². The largest absolute Gasteiger partial charge is 0.493 e. The van der Waals surface area contributed by atoms with Crippen molar-refractivity contribution >= 4 is 29.3 Å². The van der Waals surface area contributed by atoms with Crippen molar-refractivity contribution in [1.29, 1.82) is 0 Å². The molecule has 0 spiro atoms. The van der Waals surface area contributed by atoms with Crippen LogP contribution < -0.4 is 21.1 Å². The summed E-state index contributed by atoms with van der Waals surface area (Å²) in [5.74, 6) is 1.82. The molecule has 1 fully saturated rings. The number of ether oxygens (including phenoxy) is 1. The highest BCUT2D eigenvalue weighted by Gasteiger charge is 2.22. The predicted molar refractivity (Wildman–Crippen MR) is 78.6 cm³/mol. The Morgan fingerprint density at radius 1 is 1.40 bits per heavy atom. The standard InChI is InChI=1S/C13H17N3O3S/c14-12(17)5-6-19-10-3-1-9(2-4-10)16-13(18)11-7-20-8-15-11/h1-4,11,15H,5-8H2,(H2,14,17)(H,16,18). The van der Waals surface area contributed by atoms with Gasteiger partial charge in [0.15, 0.2) is 0 Å². The Labute approximate surface area is 121 Å². The number of hydrogen-bond donors (Lipinski definition) is 3. The molecule has 7 heteroatoms. The number of carbonyl (C=O) groups is 2. The molecular formula is C13H17N3O3S. The van der Waals surface area contributed by atoms with Crippen LogP contribution in [0.15, 0.2) is 24.3 Å². The fraction of sp³-hybridized carbons (Fsp3) is 0.385. The lowest BCUT2D eigenvalue weighted by Gasteiger charge is -2.11. The number of carbonyl (C=O) groups excluding carboxylic acids is 2. The molecule has 1 saturated heterocycles. The van der Waals surface area contributed by atoms with E-state index in [0.29, 0.717) is 5.75 Å². The van der Waals surface area contributed by atoms with Crippen molar-refractivity contribution in [1.82, 2.24) is 5.32 Å². The van der Waals surface area contributed by atoms with Gasteiger partial charge in [-0.15, -0.1) is 11.8 Å². The number of anilines is 1. The first-order chi connectivity index (χ1) is 9.65. The lowest BCUT2D eigenvalue weighted by molar-refractivity contribution is -0.118. The Kier molecular flexibility index (Phi) is 5.25. The van der Waals surface area contributed by atoms with Crippen molar-refractivity contribution in [3.63, 3.8) is 0 Å². The lowest BCUT2D eigenvalue weighted by atomic mass is 10.2. The summed E-state index contributed by atoms with van der Waals surface area (Å²) in [7, 11) is 0. The molecule has 0 radical (unpaired) electrons. The third kappa shape index (κ3) is 4.43. The molecule has 1 atom stereocenters. The van der Waals surface area contributed by atoms with Gasteiger partial charge in [0.2, 0.25) is 11.8 Å². The Morgan fingerprint density at radius 2 is 2.15 bits per heavy atom. The van der Waals surface area contributed by atoms with Crippen molar-refractivity contribution in [2.75, 3.05) is 23.6 Å². The van der Waals surface area contributed by atoms with Gasteiger partial charge in [0.1, 0.15) is 5.75 Å². The van der Waals surface area contributed by atoms with E-state index in [9.17, 15) is 9.59 Å². The van der Waals surface area contributed by atoms with Gasteiger partial charge in [-0.05, 0) is 24.3 Å². The molecule has 2 rings (SSSR count). The summed E-state index contributed by atoms with van der Waals surface area (Å²) in [5.41, 5.74) is 5.74. The SMILES string of the molecule is NC(=O)CCOc1ccc(NC(=O)C2CSCN2)cc1. The Morgan fingerprint density at radius 3 is 2.75 bits per heavy atom. The van der Waals surface area contributed by atoms with Crippen LogP contribution in [0.25, 0.3) is 0 Å². The van der Waals surface area contributed by atoms with Crippen LogP contribution >= 0.6 is 11.8 Å². The van der Waals surface area contributed by atoms with Crippen LogP contribution in [0.1, 0.15) is 6.42 Å². The number of thioether (sulfide) groups is 1. The summed E-state index contributed by atoms with van der Waals surface area (Å²) in [6.45, 7) is 0.254. The third-order valence-electron chi connectivity index (χ3n) is 2.77. The number of hydrogen-bond acceptors (Lipinski definition) is 5. The lowest BCUT2D eigenvalue weighted by Crippen LogP contribution is -2.37. The van der Waals surface area contributed by atoms with Gasteiger partial charge in [-0.25, -0.2) is 0 Å². The Hall–Kier alpha value is -1.73. The van der Waals surface area contributed by atoms with Crippen molar-refractivity contribution in [2.24, 2.45) is 5.73 Å². The van der Waals surface area contributed by atoms with E-state index in [4.69, 9.17) is 10.5 Å². The highest BCUT2D eigenvalue weighted by molar-refractivity contribution is 7.99. The molecular weight excluding hydrogens is 278 g/mol. The van der Waals surface area contributed by atoms with Gasteiger partial charge in [0.25, 0.3) is 0 Å². The van der Waals surface area contributed by atoms with Gasteiger partial charge in [-0.3, -0.25) is 14.9 Å². The van der Waals surface area contributed by atoms with E-state index >= 15 is 0 Å². The highest BCUT2D eigenvalue weighted by Crippen LogP contribution is 2.17. The Balaban J connectivity index is 1.81. The number of rotatable bonds is 6. The smallest absolute Gasteiger partial charge is 0.242 e. The zero-order chi connectivity index (χ0) is 14.4. The maximum absolute atomic E-state index is 11.9. The molecule has 20 heavy (non-hydrogen) atoms. The maximum atomic E-state index is 11.9. The van der Waals surface area contributed by atoms with E-state index in [1.807, 2.05) is 0 Å². The molecule has 1 aromatic carbocycles. The van der Waals surface area contributed by atoms with Gasteiger partial charge >= 0.3 is 0 Å². The number of benzene rings is 1. The first-order valence-corrected chi connectivity index (χ1v) is 7.44. The highest BCUT2D eigenvalue weighted by atomic mass is 32.2. The van der Waals surface area contributed by atoms with E-state index < -0.39 is 5.91 Å². The second-order valence-electron chi connectivity index (χ2n) is 4.35. The predicted octanol–water partition coefficient (Wildman–Crippen LogP) is 0.542. The van der Waals surface area contributed by atoms with Crippen molar-refractivity contribution in [3.05, 3.63) is 24.3 Å². The summed E-state index contributed by atoms with van der Waals surface area (Å²) >= 11 is 1.71. The van der Waals surface area contributed by atoms with Gasteiger partial charge in [0.05, 0.1) is 19.1 Å². The van der Waals surface area contributed by atoms with Crippen LogP contribution in [0.2, 0.25) is 0 Å². The second kappa shape index (κ2) is 7.16. The summed E-state index contributed by atoms with van der Waals surface area (Å²) < 4.78 is 5.35. The molecule has 0 saturated carbocycles. The number of nitrogens with two attached hydrogens (primary N) is 1. The normalized spacial score (nSPS) is 17.7. The van der Waals surface area contributed by atoms with E-state index in [1.54, 1.807) is 36.0 Å². The molecule has 1 aliphatic rings. The molecule has 0 aromatic heterocycles. The third-order valence-corrected chi connectivity index (χ3v) is 3.71. The summed E-state index contributed by atoms with van der Waals surface area (Å²) in [6, 6.07) is 6.88. The zero-order valence-corrected chi connectivity index (χ0v) is 11.7. The fourth-order valence-corrected chi connectivity index (χ4v) is 2.64. The number of primary amides is 1. The van der Waals surface area contributed by atoms with Crippen LogP contribution in [-0.2, 0) is 9.59 Å². The minimum atomic E-state index is -0.393. The summed E-state index contributed by atoms with van der Waals surface area (Å²) in [4.78, 5) is 22.5. The number of nitrogens with one attached hydrogen (secondary N) is 2. The van der Waals surface area contributed by atoms with Crippen LogP contribution in [-0.4, -0.2) is 36.1 Å². The van der Waals surface area contributed by atoms with Crippen LogP contribution in [0.5, 0.6) is 5.75 Å². The number of amides is 2. The molecule has 4 N–H and O–H groups in total. The molecule has 0 aliphatic carbocycles. The van der Waals surface area contributed by atoms with Crippen molar-refractivity contribution < 1.29 is 14.3 Å². The summed E-state index contributed by atoms with van der Waals surface area (Å²) in [6.07, 6.45) is 0.184. The minimum absolute atomic E-state index is 0.0302. The van der Waals surface area contributed by atoms with Gasteiger partial charge in [0, 0.05) is 17.3 Å². The molecule has 1 aliphatic heterocycles. The quantitative estimate of drug-likeness (QED) is 0.712. The molecule has 6 nitrogen and oxygen atoms in total. The van der Waals surface area contributed by atoms with Crippen LogP contribution in [0, 0.1) is 0 Å². The second-order valence-corrected chi connectivity index (χ2v) is 5.38. The van der Waals surface area contributed by atoms with Crippen LogP contribution in [0.3, 0.4) is 0 Å². The topological polar surface area (TPSA) is 93.5 Å². The molecule has 1 aromatic rings. The first kappa shape index (κ1) is 14.7. The fourth-order valence-electron chi connectivity index (χ4n) is 1.70. The monoisotopic (exact) mass is 295 g/mol. The molecule has 1 heterocycles. The average molecular weight is 295 g/mol. The molecule has 2 amide bonds. The van der Waals surface area contributed by atoms with E-state index in [1.165, 1.54) is 0 Å². The molecule has 1 unspecified atom stereocenters. The Bertz CT molecular complexity index is 472. The molecule has 108 valence electrons. The van der Waals surface area contributed by atoms with E-state index in [-0.39, 0.29) is 25.0 Å². The van der Waals surface area contributed by atoms with Gasteiger partial charge in [-0.1, -0.05) is 0 Å². The van der Waals surface area contributed by atoms with E-state index in [2.05, 4.69) is 10.6 Å². The minimum Gasteiger partial charge on any atom is -0.493 e. The van der Waals surface area contributed by atoms with Gasteiger partial charge in [-0.2, -0.15) is 0 Å². The zero-order valence-electron chi connectivity index (χ0n) is 10.9. The average Bonchev–Trinajstić information content (AvgIpc) is 2.94. The van der Waals surface area contributed by atoms with Crippen molar-refractivity contribution in [2.45, 2.75) is 12.5 Å². The molecule has 0 bridgehead atoms. The maximum Gasteiger partial charge on any atom is 0.242 e. The van der Waals surface area contributed by atoms with Crippen LogP contribution in [0.4, 0.5) is 5.69 Å². The first-order valence-electron chi connectivity index (χ1n) is 6.28. The summed E-state index contributed by atoms with van der Waals surface area (Å²) in [5, 5.41) is 5.95. The van der Waals surface area contributed by atoms with E-state index in [0.717, 1.165) is 17.3 Å².